The minimum Gasteiger partial charge on any atom is -0.369 e. The lowest BCUT2D eigenvalue weighted by molar-refractivity contribution is 0.0947. The Bertz CT molecular complexity index is 1210. The quantitative estimate of drug-likeness (QED) is 0.495. The molecule has 35 heavy (non-hydrogen) atoms. The van der Waals surface area contributed by atoms with Crippen molar-refractivity contribution in [3.8, 4) is 0 Å². The lowest BCUT2D eigenvalue weighted by Gasteiger charge is -2.36. The lowest BCUT2D eigenvalue weighted by atomic mass is 10.2. The summed E-state index contributed by atoms with van der Waals surface area (Å²) in [6.07, 6.45) is 0. The van der Waals surface area contributed by atoms with Crippen LogP contribution in [0.3, 0.4) is 0 Å². The second-order valence-electron chi connectivity index (χ2n) is 8.45. The number of nitrogens with one attached hydrogen (secondary N) is 1. The van der Waals surface area contributed by atoms with Gasteiger partial charge in [-0.1, -0.05) is 42.5 Å². The molecule has 1 fully saturated rings. The highest BCUT2D eigenvalue weighted by atomic mass is 32.2. The van der Waals surface area contributed by atoms with Gasteiger partial charge in [0.15, 0.2) is 0 Å². The maximum absolute atomic E-state index is 13.3. The smallest absolute Gasteiger partial charge is 0.264 e. The number of piperazine rings is 1. The largest absolute Gasteiger partial charge is 0.369 e. The molecular weight excluding hydrogens is 460 g/mol. The zero-order valence-corrected chi connectivity index (χ0v) is 20.8. The maximum atomic E-state index is 13.3. The number of amides is 1. The SMILES string of the molecule is CCN(c1ccccc1)S(=O)(=O)c1cccc(C(=O)NCCN2CCN(c3ccccc3)CC2)c1. The molecule has 1 heterocycles. The predicted molar refractivity (Wildman–Crippen MR) is 141 cm³/mol. The van der Waals surface area contributed by atoms with E-state index in [1.54, 1.807) is 43.3 Å². The summed E-state index contributed by atoms with van der Waals surface area (Å²) in [5.41, 5.74) is 2.17. The molecule has 7 nitrogen and oxygen atoms in total. The van der Waals surface area contributed by atoms with Gasteiger partial charge < -0.3 is 10.2 Å². The first-order chi connectivity index (χ1) is 17.0. The van der Waals surface area contributed by atoms with Crippen molar-refractivity contribution in [3.05, 3.63) is 90.5 Å². The molecule has 1 aliphatic heterocycles. The first kappa shape index (κ1) is 24.8. The van der Waals surface area contributed by atoms with Crippen molar-refractivity contribution in [2.24, 2.45) is 0 Å². The first-order valence-corrected chi connectivity index (χ1v) is 13.4. The Balaban J connectivity index is 1.32. The molecule has 1 amide bonds. The van der Waals surface area contributed by atoms with Crippen LogP contribution >= 0.6 is 0 Å². The summed E-state index contributed by atoms with van der Waals surface area (Å²) >= 11 is 0. The number of rotatable bonds is 9. The van der Waals surface area contributed by atoms with E-state index in [0.717, 1.165) is 32.7 Å². The zero-order chi connectivity index (χ0) is 24.7. The Morgan fingerprint density at radius 3 is 2.20 bits per heavy atom. The van der Waals surface area contributed by atoms with Gasteiger partial charge in [-0.15, -0.1) is 0 Å². The van der Waals surface area contributed by atoms with Crippen molar-refractivity contribution in [2.45, 2.75) is 11.8 Å². The van der Waals surface area contributed by atoms with Crippen LogP contribution in [0.4, 0.5) is 11.4 Å². The molecule has 0 aromatic heterocycles. The van der Waals surface area contributed by atoms with Crippen molar-refractivity contribution in [1.82, 2.24) is 10.2 Å². The summed E-state index contributed by atoms with van der Waals surface area (Å²) in [5, 5.41) is 2.94. The van der Waals surface area contributed by atoms with Crippen LogP contribution in [0.15, 0.2) is 89.8 Å². The third-order valence-corrected chi connectivity index (χ3v) is 8.12. The zero-order valence-electron chi connectivity index (χ0n) is 20.0. The second-order valence-corrected chi connectivity index (χ2v) is 10.3. The number of anilines is 2. The van der Waals surface area contributed by atoms with Gasteiger partial charge in [0, 0.05) is 57.1 Å². The molecule has 0 aliphatic carbocycles. The molecule has 8 heteroatoms. The molecule has 0 saturated carbocycles. The Hall–Kier alpha value is -3.36. The van der Waals surface area contributed by atoms with Crippen molar-refractivity contribution in [2.75, 3.05) is 55.0 Å². The van der Waals surface area contributed by atoms with E-state index in [2.05, 4.69) is 39.4 Å². The molecular formula is C27H32N4O3S. The van der Waals surface area contributed by atoms with Crippen molar-refractivity contribution in [1.29, 1.82) is 0 Å². The topological polar surface area (TPSA) is 73.0 Å². The lowest BCUT2D eigenvalue weighted by Crippen LogP contribution is -2.48. The van der Waals surface area contributed by atoms with E-state index < -0.39 is 10.0 Å². The Morgan fingerprint density at radius 1 is 0.886 bits per heavy atom. The van der Waals surface area contributed by atoms with E-state index >= 15 is 0 Å². The Morgan fingerprint density at radius 2 is 1.54 bits per heavy atom. The molecule has 4 rings (SSSR count). The van der Waals surface area contributed by atoms with Crippen LogP contribution in [-0.2, 0) is 10.0 Å². The summed E-state index contributed by atoms with van der Waals surface area (Å²) < 4.78 is 27.9. The van der Waals surface area contributed by atoms with Crippen LogP contribution in [0.2, 0.25) is 0 Å². The standard InChI is InChI=1S/C27H32N4O3S/c1-2-31(25-13-7-4-8-14-25)35(33,34)26-15-9-10-23(22-26)27(32)28-16-17-29-18-20-30(21-19-29)24-11-5-3-6-12-24/h3-15,22H,2,16-21H2,1H3,(H,28,32). The van der Waals surface area contributed by atoms with Crippen molar-refractivity contribution in [3.63, 3.8) is 0 Å². The van der Waals surface area contributed by atoms with Crippen LogP contribution < -0.4 is 14.5 Å². The van der Waals surface area contributed by atoms with Gasteiger partial charge >= 0.3 is 0 Å². The van der Waals surface area contributed by atoms with E-state index in [-0.39, 0.29) is 10.8 Å². The van der Waals surface area contributed by atoms with Gasteiger partial charge in [0.1, 0.15) is 0 Å². The van der Waals surface area contributed by atoms with Gasteiger partial charge in [0.2, 0.25) is 0 Å². The summed E-state index contributed by atoms with van der Waals surface area (Å²) in [6.45, 7) is 7.12. The van der Waals surface area contributed by atoms with Crippen LogP contribution in [0.1, 0.15) is 17.3 Å². The molecule has 0 unspecified atom stereocenters. The van der Waals surface area contributed by atoms with E-state index in [9.17, 15) is 13.2 Å². The van der Waals surface area contributed by atoms with Crippen molar-refractivity contribution < 1.29 is 13.2 Å². The highest BCUT2D eigenvalue weighted by Gasteiger charge is 2.24. The van der Waals surface area contributed by atoms with Gasteiger partial charge in [-0.25, -0.2) is 8.42 Å². The molecule has 184 valence electrons. The molecule has 1 N–H and O–H groups in total. The average molecular weight is 493 g/mol. The number of hydrogen-bond donors (Lipinski definition) is 1. The fourth-order valence-electron chi connectivity index (χ4n) is 4.31. The Kier molecular flexibility index (Phi) is 8.05. The molecule has 0 bridgehead atoms. The number of carbonyl (C=O) groups excluding carboxylic acids is 1. The Labute approximate surface area is 208 Å². The molecule has 0 spiro atoms. The van der Waals surface area contributed by atoms with Crippen LogP contribution in [0.25, 0.3) is 0 Å². The fraction of sp³-hybridized carbons (Fsp3) is 0.296. The fourth-order valence-corrected chi connectivity index (χ4v) is 5.83. The number of benzene rings is 3. The number of para-hydroxylation sites is 2. The third kappa shape index (κ3) is 6.01. The van der Waals surface area contributed by atoms with Gasteiger partial charge in [0.05, 0.1) is 10.6 Å². The minimum atomic E-state index is -3.79. The highest BCUT2D eigenvalue weighted by molar-refractivity contribution is 7.92. The molecule has 1 saturated heterocycles. The first-order valence-electron chi connectivity index (χ1n) is 12.0. The summed E-state index contributed by atoms with van der Waals surface area (Å²) in [5.74, 6) is -0.271. The summed E-state index contributed by atoms with van der Waals surface area (Å²) in [4.78, 5) is 17.6. The van der Waals surface area contributed by atoms with Crippen LogP contribution in [0.5, 0.6) is 0 Å². The van der Waals surface area contributed by atoms with Gasteiger partial charge in [-0.2, -0.15) is 0 Å². The second kappa shape index (κ2) is 11.4. The molecule has 0 atom stereocenters. The summed E-state index contributed by atoms with van der Waals surface area (Å²) in [6, 6.07) is 25.6. The normalized spacial score (nSPS) is 14.5. The van der Waals surface area contributed by atoms with Crippen LogP contribution in [0, 0.1) is 0 Å². The number of hydrogen-bond acceptors (Lipinski definition) is 5. The van der Waals surface area contributed by atoms with Gasteiger partial charge in [0.25, 0.3) is 15.9 Å². The van der Waals surface area contributed by atoms with E-state index in [1.807, 2.05) is 12.1 Å². The van der Waals surface area contributed by atoms with Gasteiger partial charge in [-0.3, -0.25) is 14.0 Å². The van der Waals surface area contributed by atoms with Gasteiger partial charge in [-0.05, 0) is 49.4 Å². The molecule has 1 aliphatic rings. The molecule has 3 aromatic carbocycles. The van der Waals surface area contributed by atoms with E-state index in [4.69, 9.17) is 0 Å². The molecule has 3 aromatic rings. The predicted octanol–water partition coefficient (Wildman–Crippen LogP) is 3.45. The highest BCUT2D eigenvalue weighted by Crippen LogP contribution is 2.24. The van der Waals surface area contributed by atoms with Crippen LogP contribution in [-0.4, -0.2) is 65.0 Å². The van der Waals surface area contributed by atoms with E-state index in [1.165, 1.54) is 22.1 Å². The third-order valence-electron chi connectivity index (χ3n) is 6.22. The number of nitrogens with zero attached hydrogens (tertiary/aromatic N) is 3. The number of sulfonamides is 1. The van der Waals surface area contributed by atoms with E-state index in [0.29, 0.717) is 24.3 Å². The number of carbonyl (C=O) groups is 1. The average Bonchev–Trinajstić information content (AvgIpc) is 2.90. The van der Waals surface area contributed by atoms with Crippen molar-refractivity contribution >= 4 is 27.3 Å². The molecule has 0 radical (unpaired) electrons. The minimum absolute atomic E-state index is 0.105. The summed E-state index contributed by atoms with van der Waals surface area (Å²) in [7, 11) is -3.79. The maximum Gasteiger partial charge on any atom is 0.264 e. The monoisotopic (exact) mass is 492 g/mol.